The zero-order chi connectivity index (χ0) is 20.8. The van der Waals surface area contributed by atoms with Crippen LogP contribution in [0.1, 0.15) is 23.3 Å². The lowest BCUT2D eigenvalue weighted by Crippen LogP contribution is -2.31. The third kappa shape index (κ3) is 4.98. The molecule has 0 unspecified atom stereocenters. The van der Waals surface area contributed by atoms with E-state index in [4.69, 9.17) is 14.1 Å². The molecule has 0 N–H and O–H groups in total. The number of nitrogens with zero attached hydrogens (tertiary/aromatic N) is 2. The third-order valence-corrected chi connectivity index (χ3v) is 6.29. The highest BCUT2D eigenvalue weighted by Gasteiger charge is 2.19. The van der Waals surface area contributed by atoms with Crippen LogP contribution in [0.3, 0.4) is 0 Å². The lowest BCUT2D eigenvalue weighted by atomic mass is 10.2. The topological polar surface area (TPSA) is 55.6 Å². The van der Waals surface area contributed by atoms with Gasteiger partial charge in [-0.15, -0.1) is 22.7 Å². The van der Waals surface area contributed by atoms with Crippen molar-refractivity contribution in [3.8, 4) is 16.3 Å². The van der Waals surface area contributed by atoms with Crippen LogP contribution in [0.2, 0.25) is 0 Å². The molecule has 4 rings (SSSR count). The molecule has 0 aliphatic rings. The third-order valence-electron chi connectivity index (χ3n) is 4.51. The van der Waals surface area contributed by atoms with Gasteiger partial charge in [-0.05, 0) is 42.6 Å². The van der Waals surface area contributed by atoms with E-state index in [9.17, 15) is 4.79 Å². The summed E-state index contributed by atoms with van der Waals surface area (Å²) in [5.74, 6) is 1.60. The number of carbonyl (C=O) groups is 1. The maximum Gasteiger partial charge on any atom is 0.229 e. The number of carbonyl (C=O) groups excluding carboxylic acids is 1. The molecule has 5 nitrogen and oxygen atoms in total. The summed E-state index contributed by atoms with van der Waals surface area (Å²) in [5, 5.41) is 4.83. The van der Waals surface area contributed by atoms with Crippen molar-refractivity contribution in [3.63, 3.8) is 0 Å². The van der Waals surface area contributed by atoms with Crippen LogP contribution in [-0.2, 0) is 24.3 Å². The molecule has 0 atom stereocenters. The van der Waals surface area contributed by atoms with Crippen molar-refractivity contribution in [2.75, 3.05) is 6.61 Å². The molecule has 0 saturated heterocycles. The van der Waals surface area contributed by atoms with E-state index in [1.165, 1.54) is 11.3 Å². The first kappa shape index (κ1) is 20.4. The van der Waals surface area contributed by atoms with E-state index < -0.39 is 0 Å². The fraction of sp³-hybridized carbons (Fsp3) is 0.217. The van der Waals surface area contributed by atoms with E-state index in [0.29, 0.717) is 19.7 Å². The van der Waals surface area contributed by atoms with Gasteiger partial charge < -0.3 is 14.1 Å². The van der Waals surface area contributed by atoms with Gasteiger partial charge in [0.15, 0.2) is 0 Å². The molecule has 3 heterocycles. The summed E-state index contributed by atoms with van der Waals surface area (Å²) in [5.41, 5.74) is 1.72. The number of para-hydroxylation sites is 1. The number of amides is 1. The van der Waals surface area contributed by atoms with Gasteiger partial charge >= 0.3 is 0 Å². The van der Waals surface area contributed by atoms with Gasteiger partial charge in [0.25, 0.3) is 0 Å². The number of thiazole rings is 1. The van der Waals surface area contributed by atoms with Gasteiger partial charge in [-0.1, -0.05) is 18.2 Å². The lowest BCUT2D eigenvalue weighted by molar-refractivity contribution is -0.132. The number of thiophene rings is 1. The zero-order valence-corrected chi connectivity index (χ0v) is 18.2. The first-order valence-corrected chi connectivity index (χ1v) is 11.5. The minimum absolute atomic E-state index is 0.0229. The van der Waals surface area contributed by atoms with E-state index in [1.54, 1.807) is 17.6 Å². The van der Waals surface area contributed by atoms with Crippen LogP contribution < -0.4 is 4.74 Å². The molecule has 1 amide bonds. The average Bonchev–Trinajstić information content (AvgIpc) is 3.52. The van der Waals surface area contributed by atoms with Crippen LogP contribution in [-0.4, -0.2) is 22.4 Å². The standard InChI is InChI=1S/C23H22N2O3S2/c1-2-27-21-10-4-3-9-20(21)23-24-17(16-30-23)13-22(26)25(14-18-7-5-11-28-18)15-19-8-6-12-29-19/h3-12,16H,2,13-15H2,1H3. The van der Waals surface area contributed by atoms with Crippen LogP contribution in [0.5, 0.6) is 5.75 Å². The Balaban J connectivity index is 1.50. The van der Waals surface area contributed by atoms with Gasteiger partial charge in [0.2, 0.25) is 5.91 Å². The Hall–Kier alpha value is -2.90. The highest BCUT2D eigenvalue weighted by molar-refractivity contribution is 7.13. The van der Waals surface area contributed by atoms with E-state index in [0.717, 1.165) is 32.7 Å². The van der Waals surface area contributed by atoms with Crippen LogP contribution in [0.15, 0.2) is 70.0 Å². The molecular formula is C23H22N2O3S2. The molecule has 0 aliphatic heterocycles. The van der Waals surface area contributed by atoms with Gasteiger partial charge in [-0.2, -0.15) is 0 Å². The Morgan fingerprint density at radius 2 is 2.00 bits per heavy atom. The van der Waals surface area contributed by atoms with Gasteiger partial charge in [0, 0.05) is 10.3 Å². The Labute approximate surface area is 183 Å². The monoisotopic (exact) mass is 438 g/mol. The number of benzene rings is 1. The second-order valence-corrected chi connectivity index (χ2v) is 8.55. The summed E-state index contributed by atoms with van der Waals surface area (Å²) in [6.07, 6.45) is 1.88. The number of hydrogen-bond acceptors (Lipinski definition) is 6. The molecule has 0 spiro atoms. The van der Waals surface area contributed by atoms with Crippen molar-refractivity contribution in [2.24, 2.45) is 0 Å². The highest BCUT2D eigenvalue weighted by Crippen LogP contribution is 2.32. The van der Waals surface area contributed by atoms with Crippen LogP contribution in [0.4, 0.5) is 0 Å². The molecule has 0 aliphatic carbocycles. The second-order valence-electron chi connectivity index (χ2n) is 6.66. The van der Waals surface area contributed by atoms with Gasteiger partial charge in [-0.3, -0.25) is 4.79 Å². The van der Waals surface area contributed by atoms with Crippen LogP contribution in [0, 0.1) is 0 Å². The number of aromatic nitrogens is 1. The summed E-state index contributed by atoms with van der Waals surface area (Å²) >= 11 is 3.17. The smallest absolute Gasteiger partial charge is 0.229 e. The van der Waals surface area contributed by atoms with Gasteiger partial charge in [0.05, 0.1) is 43.6 Å². The van der Waals surface area contributed by atoms with Crippen molar-refractivity contribution in [3.05, 3.63) is 81.9 Å². The summed E-state index contributed by atoms with van der Waals surface area (Å²) in [7, 11) is 0. The number of rotatable bonds is 9. The maximum absolute atomic E-state index is 13.1. The summed E-state index contributed by atoms with van der Waals surface area (Å²) in [6.45, 7) is 3.55. The molecule has 1 aromatic carbocycles. The largest absolute Gasteiger partial charge is 0.493 e. The SMILES string of the molecule is CCOc1ccccc1-c1nc(CC(=O)N(Cc2ccco2)Cc2cccs2)cs1. The fourth-order valence-corrected chi connectivity index (χ4v) is 4.69. The zero-order valence-electron chi connectivity index (χ0n) is 16.6. The van der Waals surface area contributed by atoms with E-state index in [-0.39, 0.29) is 12.3 Å². The summed E-state index contributed by atoms with van der Waals surface area (Å²) in [4.78, 5) is 20.8. The summed E-state index contributed by atoms with van der Waals surface area (Å²) < 4.78 is 11.2. The van der Waals surface area contributed by atoms with Crippen molar-refractivity contribution < 1.29 is 13.9 Å². The average molecular weight is 439 g/mol. The van der Waals surface area contributed by atoms with E-state index in [2.05, 4.69) is 0 Å². The molecule has 154 valence electrons. The molecule has 0 fully saturated rings. The van der Waals surface area contributed by atoms with Crippen molar-refractivity contribution in [1.82, 2.24) is 9.88 Å². The molecule has 4 aromatic rings. The van der Waals surface area contributed by atoms with Crippen molar-refractivity contribution in [2.45, 2.75) is 26.4 Å². The lowest BCUT2D eigenvalue weighted by Gasteiger charge is -2.20. The second kappa shape index (κ2) is 9.73. The van der Waals surface area contributed by atoms with Gasteiger partial charge in [0.1, 0.15) is 16.5 Å². The predicted octanol–water partition coefficient (Wildman–Crippen LogP) is 5.63. The molecular weight excluding hydrogens is 416 g/mol. The van der Waals surface area contributed by atoms with Crippen molar-refractivity contribution >= 4 is 28.6 Å². The predicted molar refractivity (Wildman–Crippen MR) is 120 cm³/mol. The van der Waals surface area contributed by atoms with E-state index >= 15 is 0 Å². The van der Waals surface area contributed by atoms with Crippen LogP contribution in [0.25, 0.3) is 10.6 Å². The minimum atomic E-state index is 0.0229. The quantitative estimate of drug-likeness (QED) is 0.340. The molecule has 0 saturated carbocycles. The molecule has 7 heteroatoms. The van der Waals surface area contributed by atoms with E-state index in [1.807, 2.05) is 71.1 Å². The number of hydrogen-bond donors (Lipinski definition) is 0. The fourth-order valence-electron chi connectivity index (χ4n) is 3.12. The summed E-state index contributed by atoms with van der Waals surface area (Å²) in [6, 6.07) is 15.6. The Morgan fingerprint density at radius 3 is 2.77 bits per heavy atom. The number of ether oxygens (including phenoxy) is 1. The molecule has 3 aromatic heterocycles. The van der Waals surface area contributed by atoms with Gasteiger partial charge in [-0.25, -0.2) is 4.98 Å². The molecule has 30 heavy (non-hydrogen) atoms. The minimum Gasteiger partial charge on any atom is -0.493 e. The Morgan fingerprint density at radius 1 is 1.10 bits per heavy atom. The Kier molecular flexibility index (Phi) is 6.61. The van der Waals surface area contributed by atoms with Crippen LogP contribution >= 0.6 is 22.7 Å². The first-order chi connectivity index (χ1) is 14.7. The Bertz CT molecular complexity index is 1040. The molecule has 0 radical (unpaired) electrons. The number of furan rings is 1. The molecule has 0 bridgehead atoms. The first-order valence-electron chi connectivity index (χ1n) is 9.72. The highest BCUT2D eigenvalue weighted by atomic mass is 32.1. The maximum atomic E-state index is 13.1. The normalized spacial score (nSPS) is 10.8. The van der Waals surface area contributed by atoms with Crippen molar-refractivity contribution in [1.29, 1.82) is 0 Å².